The lowest BCUT2D eigenvalue weighted by Gasteiger charge is -2.28. The molecule has 13 heteroatoms. The molecule has 0 aromatic heterocycles. The molecule has 55 heavy (non-hydrogen) atoms. The van der Waals surface area contributed by atoms with Gasteiger partial charge in [0.15, 0.2) is 34.5 Å². The summed E-state index contributed by atoms with van der Waals surface area (Å²) in [7, 11) is 8.00. The van der Waals surface area contributed by atoms with Crippen LogP contribution < -0.4 is 49.3 Å². The van der Waals surface area contributed by atoms with Crippen LogP contribution in [0.1, 0.15) is 77.8 Å². The Kier molecular flexibility index (Phi) is 13.4. The summed E-state index contributed by atoms with van der Waals surface area (Å²) in [6, 6.07) is 20.5. The first-order chi connectivity index (χ1) is 26.8. The van der Waals surface area contributed by atoms with Crippen LogP contribution >= 0.6 is 11.6 Å². The Balaban J connectivity index is 0.915. The average molecular weight is 774 g/mol. The van der Waals surface area contributed by atoms with E-state index in [1.54, 1.807) is 47.7 Å². The molecule has 2 aliphatic rings. The summed E-state index contributed by atoms with van der Waals surface area (Å²) in [5.41, 5.74) is 7.73. The fourth-order valence-corrected chi connectivity index (χ4v) is 6.72. The van der Waals surface area contributed by atoms with Crippen LogP contribution in [0.3, 0.4) is 0 Å². The van der Waals surface area contributed by atoms with Crippen LogP contribution in [0.25, 0.3) is 5.70 Å². The van der Waals surface area contributed by atoms with E-state index < -0.39 is 6.17 Å². The smallest absolute Gasteiger partial charge is 0.255 e. The summed E-state index contributed by atoms with van der Waals surface area (Å²) in [4.78, 5) is 18.6. The molecule has 6 rings (SSSR count). The van der Waals surface area contributed by atoms with Crippen molar-refractivity contribution < 1.29 is 42.8 Å². The number of hydroxylamine groups is 1. The number of unbranched alkanes of at least 4 members (excludes halogenated alkanes) is 5. The molecular weight excluding hydrogens is 726 g/mol. The van der Waals surface area contributed by atoms with E-state index in [-0.39, 0.29) is 12.0 Å². The molecule has 0 spiro atoms. The van der Waals surface area contributed by atoms with Crippen molar-refractivity contribution in [3.63, 3.8) is 0 Å². The molecule has 3 N–H and O–H groups in total. The Bertz CT molecular complexity index is 1960. The predicted molar refractivity (Wildman–Crippen MR) is 211 cm³/mol. The van der Waals surface area contributed by atoms with Crippen LogP contribution in [0.15, 0.2) is 72.8 Å². The van der Waals surface area contributed by atoms with Crippen molar-refractivity contribution >= 4 is 28.9 Å². The van der Waals surface area contributed by atoms with E-state index in [4.69, 9.17) is 49.6 Å². The molecule has 0 bridgehead atoms. The van der Waals surface area contributed by atoms with Gasteiger partial charge in [-0.25, -0.2) is 0 Å². The highest BCUT2D eigenvalue weighted by atomic mass is 35.5. The normalized spacial score (nSPS) is 15.8. The second-order valence-electron chi connectivity index (χ2n) is 13.0. The second-order valence-corrected chi connectivity index (χ2v) is 13.5. The molecule has 0 radical (unpaired) electrons. The van der Waals surface area contributed by atoms with Crippen LogP contribution in [0.5, 0.6) is 40.2 Å². The predicted octanol–water partition coefficient (Wildman–Crippen LogP) is 8.65. The Morgan fingerprint density at radius 1 is 0.618 bits per heavy atom. The Morgan fingerprint density at radius 3 is 1.93 bits per heavy atom. The fraction of sp³-hybridized carbons (Fsp3) is 0.357. The van der Waals surface area contributed by atoms with Gasteiger partial charge in [0.1, 0.15) is 12.3 Å². The third-order valence-corrected chi connectivity index (χ3v) is 9.72. The topological polar surface area (TPSA) is 127 Å². The molecule has 1 amide bonds. The van der Waals surface area contributed by atoms with Crippen molar-refractivity contribution in [3.8, 4) is 40.2 Å². The number of hydrogen-bond acceptors (Lipinski definition) is 11. The third-order valence-electron chi connectivity index (χ3n) is 9.48. The highest BCUT2D eigenvalue weighted by Gasteiger charge is 2.26. The van der Waals surface area contributed by atoms with Crippen molar-refractivity contribution in [1.82, 2.24) is 10.8 Å². The third kappa shape index (κ3) is 9.44. The maximum atomic E-state index is 12.7. The molecule has 2 unspecified atom stereocenters. The average Bonchev–Trinajstić information content (AvgIpc) is 3.71. The van der Waals surface area contributed by atoms with Crippen molar-refractivity contribution in [2.75, 3.05) is 54.1 Å². The van der Waals surface area contributed by atoms with Crippen molar-refractivity contribution in [3.05, 3.63) is 100 Å². The van der Waals surface area contributed by atoms with E-state index in [1.165, 1.54) is 0 Å². The number of anilines is 1. The number of carbonyl (C=O) groups excluding carboxylic acids is 1. The molecule has 4 aromatic carbocycles. The first-order valence-corrected chi connectivity index (χ1v) is 18.7. The first-order valence-electron chi connectivity index (χ1n) is 18.3. The Morgan fingerprint density at radius 2 is 1.25 bits per heavy atom. The van der Waals surface area contributed by atoms with Gasteiger partial charge in [-0.1, -0.05) is 43.4 Å². The van der Waals surface area contributed by atoms with Crippen molar-refractivity contribution in [2.45, 2.75) is 50.8 Å². The number of hydrogen-bond donors (Lipinski definition) is 3. The van der Waals surface area contributed by atoms with Crippen LogP contribution in [-0.2, 0) is 4.84 Å². The quantitative estimate of drug-likeness (QED) is 0.0793. The van der Waals surface area contributed by atoms with Gasteiger partial charge in [-0.2, -0.15) is 0 Å². The number of fused-ring (bicyclic) bond motifs is 1. The van der Waals surface area contributed by atoms with Gasteiger partial charge in [0, 0.05) is 16.3 Å². The van der Waals surface area contributed by atoms with Gasteiger partial charge in [-0.3, -0.25) is 15.1 Å². The van der Waals surface area contributed by atoms with Crippen LogP contribution in [-0.4, -0.2) is 54.7 Å². The molecule has 0 saturated carbocycles. The van der Waals surface area contributed by atoms with E-state index in [1.807, 2.05) is 60.7 Å². The molecule has 0 saturated heterocycles. The van der Waals surface area contributed by atoms with Gasteiger partial charge in [0.05, 0.1) is 60.0 Å². The lowest BCUT2D eigenvalue weighted by molar-refractivity contribution is 0.0508. The number of methoxy groups -OCH3 is 5. The van der Waals surface area contributed by atoms with Gasteiger partial charge >= 0.3 is 0 Å². The molecular formula is C42H48ClN3O9. The minimum absolute atomic E-state index is 0.186. The van der Waals surface area contributed by atoms with Gasteiger partial charge in [0.2, 0.25) is 5.75 Å². The number of halogens is 1. The van der Waals surface area contributed by atoms with E-state index in [2.05, 4.69) is 16.1 Å². The SMILES string of the molecule is COc1cc(C2NC(=O)c3cc(Cl)ccc3N2)ccc1OCCCCCCCCOc1cc(C2=CC(c3cc(OC)c(OC)c(OC)c3)ON2)ccc1OC. The van der Waals surface area contributed by atoms with Gasteiger partial charge in [0.25, 0.3) is 5.91 Å². The van der Waals surface area contributed by atoms with E-state index >= 15 is 0 Å². The second kappa shape index (κ2) is 18.7. The summed E-state index contributed by atoms with van der Waals surface area (Å²) in [5.74, 6) is 4.08. The molecule has 0 aliphatic carbocycles. The summed E-state index contributed by atoms with van der Waals surface area (Å²) in [6.45, 7) is 1.16. The fourth-order valence-electron chi connectivity index (χ4n) is 6.54. The molecule has 2 aliphatic heterocycles. The number of rotatable bonds is 19. The lowest BCUT2D eigenvalue weighted by Crippen LogP contribution is -2.38. The number of ether oxygens (including phenoxy) is 7. The van der Waals surface area contributed by atoms with Gasteiger partial charge < -0.3 is 43.8 Å². The van der Waals surface area contributed by atoms with Crippen LogP contribution in [0, 0.1) is 0 Å². The molecule has 4 aromatic rings. The zero-order chi connectivity index (χ0) is 38.7. The standard InChI is InChI=1S/C42H48ClN3O9/c1-48-33-16-12-26(32-25-35(55-46-32)28-22-38(50-3)40(52-5)39(23-28)51-4)20-37(33)54-19-11-9-7-6-8-10-18-53-34-17-13-27(21-36(34)49-2)41-44-31-15-14-29(43)24-30(31)42(47)45-41/h12-17,20-25,35,41,44,46H,6-11,18-19H2,1-5H3,(H,45,47). The maximum absolute atomic E-state index is 12.7. The molecule has 0 fully saturated rings. The summed E-state index contributed by atoms with van der Waals surface area (Å²) >= 11 is 6.07. The Labute approximate surface area is 326 Å². The van der Waals surface area contributed by atoms with Crippen molar-refractivity contribution in [2.24, 2.45) is 0 Å². The minimum atomic E-state index is -0.403. The Hall–Kier alpha value is -5.46. The minimum Gasteiger partial charge on any atom is -0.493 e. The summed E-state index contributed by atoms with van der Waals surface area (Å²) in [5, 5.41) is 6.84. The molecule has 292 valence electrons. The van der Waals surface area contributed by atoms with E-state index in [0.29, 0.717) is 64.0 Å². The van der Waals surface area contributed by atoms with Gasteiger partial charge in [-0.05, 0) is 90.7 Å². The number of benzene rings is 4. The lowest BCUT2D eigenvalue weighted by atomic mass is 10.0. The molecule has 12 nitrogen and oxygen atoms in total. The molecule has 2 heterocycles. The van der Waals surface area contributed by atoms with Crippen molar-refractivity contribution in [1.29, 1.82) is 0 Å². The van der Waals surface area contributed by atoms with Gasteiger partial charge in [-0.15, -0.1) is 0 Å². The number of amides is 1. The summed E-state index contributed by atoms with van der Waals surface area (Å²) in [6.07, 6.45) is 7.40. The van der Waals surface area contributed by atoms with Crippen LogP contribution in [0.2, 0.25) is 5.02 Å². The molecule has 2 atom stereocenters. The van der Waals surface area contributed by atoms with E-state index in [0.717, 1.165) is 66.6 Å². The van der Waals surface area contributed by atoms with Crippen LogP contribution in [0.4, 0.5) is 5.69 Å². The zero-order valence-electron chi connectivity index (χ0n) is 31.8. The number of carbonyl (C=O) groups is 1. The monoisotopic (exact) mass is 773 g/mol. The maximum Gasteiger partial charge on any atom is 0.255 e. The summed E-state index contributed by atoms with van der Waals surface area (Å²) < 4.78 is 39.9. The van der Waals surface area contributed by atoms with E-state index in [9.17, 15) is 4.79 Å². The zero-order valence-corrected chi connectivity index (χ0v) is 32.5. The highest BCUT2D eigenvalue weighted by Crippen LogP contribution is 2.42. The first kappa shape index (κ1) is 39.2. The largest absolute Gasteiger partial charge is 0.493 e. The number of nitrogens with one attached hydrogen (secondary N) is 3. The highest BCUT2D eigenvalue weighted by molar-refractivity contribution is 6.31.